The summed E-state index contributed by atoms with van der Waals surface area (Å²) in [5.74, 6) is 0. The Kier molecular flexibility index (Phi) is 3.56. The third-order valence-corrected chi connectivity index (χ3v) is 3.20. The van der Waals surface area contributed by atoms with Gasteiger partial charge in [-0.15, -0.1) is 10.2 Å². The lowest BCUT2D eigenvalue weighted by atomic mass is 10.5. The minimum absolute atomic E-state index is 0.262. The van der Waals surface area contributed by atoms with Gasteiger partial charge >= 0.3 is 11.1 Å². The summed E-state index contributed by atoms with van der Waals surface area (Å²) in [4.78, 5) is 23.2. The van der Waals surface area contributed by atoms with E-state index in [4.69, 9.17) is 0 Å². The minimum atomic E-state index is -0.555. The predicted octanol–water partition coefficient (Wildman–Crippen LogP) is -0.121. The SMILES string of the molecule is CCNc1nnc(Cn2ccn(C)c(=O)c2=O)s1. The van der Waals surface area contributed by atoms with Gasteiger partial charge in [-0.25, -0.2) is 0 Å². The van der Waals surface area contributed by atoms with E-state index < -0.39 is 11.1 Å². The van der Waals surface area contributed by atoms with Crippen LogP contribution in [-0.4, -0.2) is 25.9 Å². The Bertz CT molecular complexity index is 657. The molecule has 2 rings (SSSR count). The molecule has 0 amide bonds. The number of hydrogen-bond donors (Lipinski definition) is 1. The van der Waals surface area contributed by atoms with Crippen molar-refractivity contribution in [2.75, 3.05) is 11.9 Å². The molecule has 18 heavy (non-hydrogen) atoms. The van der Waals surface area contributed by atoms with Crippen LogP contribution in [0.1, 0.15) is 11.9 Å². The van der Waals surface area contributed by atoms with Crippen molar-refractivity contribution in [2.24, 2.45) is 7.05 Å². The highest BCUT2D eigenvalue weighted by molar-refractivity contribution is 7.15. The summed E-state index contributed by atoms with van der Waals surface area (Å²) < 4.78 is 2.58. The molecule has 96 valence electrons. The Balaban J connectivity index is 2.26. The van der Waals surface area contributed by atoms with E-state index in [1.807, 2.05) is 6.92 Å². The van der Waals surface area contributed by atoms with Gasteiger partial charge in [-0.2, -0.15) is 0 Å². The molecule has 2 aromatic rings. The van der Waals surface area contributed by atoms with Gasteiger partial charge in [0, 0.05) is 26.0 Å². The second-order valence-corrected chi connectivity index (χ2v) is 4.74. The lowest BCUT2D eigenvalue weighted by Crippen LogP contribution is -2.39. The normalized spacial score (nSPS) is 10.6. The van der Waals surface area contributed by atoms with Crippen molar-refractivity contribution in [2.45, 2.75) is 13.5 Å². The number of rotatable bonds is 4. The van der Waals surface area contributed by atoms with Gasteiger partial charge in [-0.05, 0) is 6.92 Å². The molecule has 0 aliphatic carbocycles. The largest absolute Gasteiger partial charge is 0.360 e. The molecular formula is C10H13N5O2S. The number of aryl methyl sites for hydroxylation is 1. The quantitative estimate of drug-likeness (QED) is 0.781. The van der Waals surface area contributed by atoms with Crippen molar-refractivity contribution in [3.05, 3.63) is 38.1 Å². The maximum atomic E-state index is 11.7. The Morgan fingerprint density at radius 1 is 1.28 bits per heavy atom. The highest BCUT2D eigenvalue weighted by Gasteiger charge is 2.07. The van der Waals surface area contributed by atoms with Crippen LogP contribution in [0.3, 0.4) is 0 Å². The summed E-state index contributed by atoms with van der Waals surface area (Å²) in [7, 11) is 1.54. The molecule has 0 unspecified atom stereocenters. The molecule has 2 heterocycles. The molecule has 0 aliphatic heterocycles. The lowest BCUT2D eigenvalue weighted by Gasteiger charge is -2.02. The van der Waals surface area contributed by atoms with Crippen molar-refractivity contribution in [1.82, 2.24) is 19.3 Å². The first-order chi connectivity index (χ1) is 8.61. The highest BCUT2D eigenvalue weighted by atomic mass is 32.1. The van der Waals surface area contributed by atoms with Gasteiger partial charge in [0.1, 0.15) is 5.01 Å². The summed E-state index contributed by atoms with van der Waals surface area (Å²) >= 11 is 1.37. The molecule has 0 bridgehead atoms. The van der Waals surface area contributed by atoms with Crippen molar-refractivity contribution >= 4 is 16.5 Å². The molecule has 2 aromatic heterocycles. The molecular weight excluding hydrogens is 254 g/mol. The molecule has 1 N–H and O–H groups in total. The van der Waals surface area contributed by atoms with E-state index in [2.05, 4.69) is 15.5 Å². The summed E-state index contributed by atoms with van der Waals surface area (Å²) in [6, 6.07) is 0. The zero-order valence-electron chi connectivity index (χ0n) is 10.1. The van der Waals surface area contributed by atoms with Gasteiger partial charge in [0.15, 0.2) is 0 Å². The second kappa shape index (κ2) is 5.13. The van der Waals surface area contributed by atoms with E-state index in [1.165, 1.54) is 20.5 Å². The number of nitrogens with zero attached hydrogens (tertiary/aromatic N) is 4. The lowest BCUT2D eigenvalue weighted by molar-refractivity contribution is 0.688. The molecule has 7 nitrogen and oxygen atoms in total. The Morgan fingerprint density at radius 3 is 2.78 bits per heavy atom. The van der Waals surface area contributed by atoms with Crippen LogP contribution < -0.4 is 16.4 Å². The van der Waals surface area contributed by atoms with Crippen LogP contribution >= 0.6 is 11.3 Å². The summed E-state index contributed by atoms with van der Waals surface area (Å²) in [6.45, 7) is 2.99. The van der Waals surface area contributed by atoms with Crippen LogP contribution in [0.25, 0.3) is 0 Å². The van der Waals surface area contributed by atoms with Gasteiger partial charge < -0.3 is 14.5 Å². The predicted molar refractivity (Wildman–Crippen MR) is 69.1 cm³/mol. The Labute approximate surface area is 107 Å². The van der Waals surface area contributed by atoms with Crippen LogP contribution in [0.2, 0.25) is 0 Å². The van der Waals surface area contributed by atoms with Gasteiger partial charge in [0.2, 0.25) is 5.13 Å². The summed E-state index contributed by atoms with van der Waals surface area (Å²) in [5.41, 5.74) is -1.10. The molecule has 0 saturated heterocycles. The highest BCUT2D eigenvalue weighted by Crippen LogP contribution is 2.14. The fraction of sp³-hybridized carbons (Fsp3) is 0.400. The van der Waals surface area contributed by atoms with Gasteiger partial charge in [0.05, 0.1) is 6.54 Å². The maximum absolute atomic E-state index is 11.7. The average molecular weight is 267 g/mol. The van der Waals surface area contributed by atoms with E-state index in [0.29, 0.717) is 10.1 Å². The Hall–Kier alpha value is -1.96. The molecule has 8 heteroatoms. The first-order valence-corrected chi connectivity index (χ1v) is 6.25. The fourth-order valence-electron chi connectivity index (χ4n) is 1.40. The minimum Gasteiger partial charge on any atom is -0.360 e. The van der Waals surface area contributed by atoms with Crippen molar-refractivity contribution in [3.8, 4) is 0 Å². The molecule has 0 radical (unpaired) electrons. The average Bonchev–Trinajstić information content (AvgIpc) is 2.78. The Morgan fingerprint density at radius 2 is 2.06 bits per heavy atom. The standard InChI is InChI=1S/C10H13N5O2S/c1-3-11-10-13-12-7(18-10)6-15-5-4-14(2)8(16)9(15)17/h4-5H,3,6H2,1-2H3,(H,11,13). The second-order valence-electron chi connectivity index (χ2n) is 3.68. The molecule has 0 aliphatic rings. The van der Waals surface area contributed by atoms with Crippen molar-refractivity contribution in [1.29, 1.82) is 0 Å². The van der Waals surface area contributed by atoms with E-state index in [1.54, 1.807) is 19.4 Å². The molecule has 0 fully saturated rings. The summed E-state index contributed by atoms with van der Waals surface area (Å²) in [5, 5.41) is 12.3. The van der Waals surface area contributed by atoms with Crippen LogP contribution in [-0.2, 0) is 13.6 Å². The molecule has 0 spiro atoms. The third-order valence-electron chi connectivity index (χ3n) is 2.33. The zero-order chi connectivity index (χ0) is 13.1. The zero-order valence-corrected chi connectivity index (χ0v) is 10.9. The van der Waals surface area contributed by atoms with E-state index in [-0.39, 0.29) is 6.54 Å². The topological polar surface area (TPSA) is 81.8 Å². The van der Waals surface area contributed by atoms with Crippen LogP contribution in [0.5, 0.6) is 0 Å². The third kappa shape index (κ3) is 2.48. The van der Waals surface area contributed by atoms with E-state index in [0.717, 1.165) is 6.54 Å². The van der Waals surface area contributed by atoms with E-state index >= 15 is 0 Å². The van der Waals surface area contributed by atoms with Crippen LogP contribution in [0, 0.1) is 0 Å². The number of anilines is 1. The summed E-state index contributed by atoms with van der Waals surface area (Å²) in [6.07, 6.45) is 3.12. The first kappa shape index (κ1) is 12.5. The monoisotopic (exact) mass is 267 g/mol. The first-order valence-electron chi connectivity index (χ1n) is 5.44. The fourth-order valence-corrected chi connectivity index (χ4v) is 2.21. The van der Waals surface area contributed by atoms with E-state index in [9.17, 15) is 9.59 Å². The number of hydrogen-bond acceptors (Lipinski definition) is 6. The van der Waals surface area contributed by atoms with Gasteiger partial charge in [0.25, 0.3) is 0 Å². The number of nitrogens with one attached hydrogen (secondary N) is 1. The van der Waals surface area contributed by atoms with Crippen molar-refractivity contribution < 1.29 is 0 Å². The smallest absolute Gasteiger partial charge is 0.316 e. The van der Waals surface area contributed by atoms with Crippen molar-refractivity contribution in [3.63, 3.8) is 0 Å². The van der Waals surface area contributed by atoms with Crippen LogP contribution in [0.15, 0.2) is 22.0 Å². The molecule has 0 atom stereocenters. The van der Waals surface area contributed by atoms with Crippen LogP contribution in [0.4, 0.5) is 5.13 Å². The molecule has 0 saturated carbocycles. The van der Waals surface area contributed by atoms with Gasteiger partial charge in [-0.3, -0.25) is 9.59 Å². The number of aromatic nitrogens is 4. The molecule has 0 aromatic carbocycles. The van der Waals surface area contributed by atoms with Gasteiger partial charge in [-0.1, -0.05) is 11.3 Å². The maximum Gasteiger partial charge on any atom is 0.316 e.